The number of amides is 1. The first kappa shape index (κ1) is 25.9. The van der Waals surface area contributed by atoms with Crippen LogP contribution in [0, 0.1) is 6.92 Å². The molecule has 0 N–H and O–H groups in total. The summed E-state index contributed by atoms with van der Waals surface area (Å²) in [5.41, 5.74) is 2.56. The first-order valence-electron chi connectivity index (χ1n) is 10.5. The molecule has 0 atom stereocenters. The Balaban J connectivity index is 2.03. The summed E-state index contributed by atoms with van der Waals surface area (Å²) >= 11 is 1.27. The molecular weight excluding hydrogens is 472 g/mol. The summed E-state index contributed by atoms with van der Waals surface area (Å²) in [7, 11) is 4.43. The Labute approximate surface area is 207 Å². The number of nitrogens with zero attached hydrogens (tertiary/aromatic N) is 4. The van der Waals surface area contributed by atoms with E-state index in [1.54, 1.807) is 39.5 Å². The van der Waals surface area contributed by atoms with E-state index in [0.29, 0.717) is 58.4 Å². The second-order valence-corrected chi connectivity index (χ2v) is 7.74. The van der Waals surface area contributed by atoms with E-state index in [0.717, 1.165) is 5.56 Å². The van der Waals surface area contributed by atoms with Gasteiger partial charge in [-0.15, -0.1) is 11.8 Å². The molecule has 0 fully saturated rings. The Hall–Kier alpha value is -3.70. The van der Waals surface area contributed by atoms with Gasteiger partial charge in [-0.3, -0.25) is 0 Å². The third-order valence-electron chi connectivity index (χ3n) is 4.64. The van der Waals surface area contributed by atoms with E-state index in [1.165, 1.54) is 18.9 Å². The molecule has 1 aromatic heterocycles. The van der Waals surface area contributed by atoms with Crippen LogP contribution in [0.15, 0.2) is 57.0 Å². The molecule has 0 aliphatic rings. The maximum absolute atomic E-state index is 11.9. The highest BCUT2D eigenvalue weighted by Gasteiger charge is 2.17. The van der Waals surface area contributed by atoms with E-state index >= 15 is 0 Å². The first-order chi connectivity index (χ1) is 17.0. The van der Waals surface area contributed by atoms with Gasteiger partial charge in [-0.05, 0) is 48.7 Å². The van der Waals surface area contributed by atoms with Crippen LogP contribution < -0.4 is 9.47 Å². The normalized spacial score (nSPS) is 11.9. The van der Waals surface area contributed by atoms with Gasteiger partial charge in [0.05, 0.1) is 26.5 Å². The molecule has 1 amide bonds. The van der Waals surface area contributed by atoms with Crippen LogP contribution in [0.4, 0.5) is 10.5 Å². The van der Waals surface area contributed by atoms with Gasteiger partial charge in [0, 0.05) is 25.2 Å². The molecule has 3 rings (SSSR count). The van der Waals surface area contributed by atoms with Crippen molar-refractivity contribution in [1.29, 1.82) is 0 Å². The lowest BCUT2D eigenvalue weighted by Gasteiger charge is -2.14. The van der Waals surface area contributed by atoms with Crippen LogP contribution >= 0.6 is 11.8 Å². The molecule has 2 aromatic carbocycles. The smallest absolute Gasteiger partial charge is 0.434 e. The van der Waals surface area contributed by atoms with Crippen molar-refractivity contribution in [2.45, 2.75) is 6.92 Å². The molecule has 0 spiro atoms. The van der Waals surface area contributed by atoms with Crippen LogP contribution in [0.3, 0.4) is 0 Å². The quantitative estimate of drug-likeness (QED) is 0.234. The average molecular weight is 499 g/mol. The molecule has 0 unspecified atom stereocenters. The van der Waals surface area contributed by atoms with Crippen molar-refractivity contribution in [2.24, 2.45) is 9.98 Å². The van der Waals surface area contributed by atoms with Crippen LogP contribution in [0.1, 0.15) is 11.5 Å². The molecule has 0 bridgehead atoms. The number of aromatic nitrogens is 2. The number of aliphatic imine (C=N–C) groups is 2. The van der Waals surface area contributed by atoms with Crippen molar-refractivity contribution in [3.05, 3.63) is 53.9 Å². The number of carbonyl (C=O) groups is 1. The summed E-state index contributed by atoms with van der Waals surface area (Å²) in [5, 5.41) is 4.31. The van der Waals surface area contributed by atoms with Crippen molar-refractivity contribution in [1.82, 2.24) is 10.1 Å². The van der Waals surface area contributed by atoms with Crippen LogP contribution in [0.5, 0.6) is 11.5 Å². The van der Waals surface area contributed by atoms with Gasteiger partial charge in [-0.1, -0.05) is 5.16 Å². The zero-order valence-corrected chi connectivity index (χ0v) is 20.9. The lowest BCUT2D eigenvalue weighted by Crippen LogP contribution is -2.15. The summed E-state index contributed by atoms with van der Waals surface area (Å²) in [6.07, 6.45) is 1.08. The predicted octanol–water partition coefficient (Wildman–Crippen LogP) is 4.73. The third kappa shape index (κ3) is 6.90. The minimum atomic E-state index is -0.726. The molecule has 11 heteroatoms. The van der Waals surface area contributed by atoms with Gasteiger partial charge in [-0.25, -0.2) is 9.79 Å². The molecule has 0 saturated heterocycles. The van der Waals surface area contributed by atoms with Gasteiger partial charge in [0.15, 0.2) is 11.5 Å². The van der Waals surface area contributed by atoms with E-state index in [9.17, 15) is 4.79 Å². The summed E-state index contributed by atoms with van der Waals surface area (Å²) in [6, 6.07) is 12.7. The van der Waals surface area contributed by atoms with E-state index in [-0.39, 0.29) is 0 Å². The molecule has 184 valence electrons. The highest BCUT2D eigenvalue weighted by molar-refractivity contribution is 8.15. The maximum Gasteiger partial charge on any atom is 0.434 e. The fraction of sp³-hybridized carbons (Fsp3) is 0.292. The number of carbonyl (C=O) groups excluding carboxylic acids is 1. The van der Waals surface area contributed by atoms with Crippen molar-refractivity contribution in [3.8, 4) is 22.9 Å². The van der Waals surface area contributed by atoms with Crippen LogP contribution in [-0.2, 0) is 9.47 Å². The predicted molar refractivity (Wildman–Crippen MR) is 134 cm³/mol. The Morgan fingerprint density at radius 1 is 1.06 bits per heavy atom. The van der Waals surface area contributed by atoms with Crippen LogP contribution in [0.2, 0.25) is 0 Å². The van der Waals surface area contributed by atoms with Gasteiger partial charge in [0.1, 0.15) is 17.4 Å². The van der Waals surface area contributed by atoms with Gasteiger partial charge < -0.3 is 23.5 Å². The van der Waals surface area contributed by atoms with E-state index in [2.05, 4.69) is 15.1 Å². The van der Waals surface area contributed by atoms with Gasteiger partial charge in [-0.2, -0.15) is 9.98 Å². The van der Waals surface area contributed by atoms with Crippen molar-refractivity contribution < 1.29 is 28.3 Å². The number of ether oxygens (including phenoxy) is 4. The van der Waals surface area contributed by atoms with Gasteiger partial charge in [0.25, 0.3) is 0 Å². The zero-order valence-electron chi connectivity index (χ0n) is 20.1. The summed E-state index contributed by atoms with van der Waals surface area (Å²) < 4.78 is 26.1. The second-order valence-electron chi connectivity index (χ2n) is 6.94. The number of hydrogen-bond donors (Lipinski definition) is 0. The number of rotatable bonds is 9. The van der Waals surface area contributed by atoms with E-state index < -0.39 is 6.09 Å². The Kier molecular flexibility index (Phi) is 9.39. The molecule has 0 aliphatic carbocycles. The molecule has 0 saturated carbocycles. The first-order valence-corrected chi connectivity index (χ1v) is 11.7. The maximum atomic E-state index is 11.9. The molecule has 3 aromatic rings. The molecule has 35 heavy (non-hydrogen) atoms. The standard InChI is InChI=1S/C24H26N4O6S/c1-15-25-22(28-34-15)16-6-9-18(10-7-16)26-21(23(35-5)27-24(29)32-4)17-8-11-19(20(14-17)31-3)33-13-12-30-2/h6-11,14H,12-13H2,1-5H3/b26-21+,27-23-. The zero-order chi connectivity index (χ0) is 25.2. The monoisotopic (exact) mass is 498 g/mol. The van der Waals surface area contributed by atoms with Crippen LogP contribution in [-0.4, -0.2) is 67.8 Å². The number of methoxy groups -OCH3 is 3. The molecular formula is C24H26N4O6S. The fourth-order valence-electron chi connectivity index (χ4n) is 2.96. The number of benzene rings is 2. The summed E-state index contributed by atoms with van der Waals surface area (Å²) in [6.45, 7) is 2.55. The van der Waals surface area contributed by atoms with Crippen LogP contribution in [0.25, 0.3) is 11.4 Å². The van der Waals surface area contributed by atoms with Gasteiger partial charge in [0.2, 0.25) is 11.7 Å². The third-order valence-corrected chi connectivity index (χ3v) is 5.31. The Bertz CT molecular complexity index is 1210. The SMILES string of the molecule is COCCOc1ccc(C(=N\c2ccc(-c3noc(C)n3)cc2)/C(=N/C(=O)OC)SC)cc1OC. The lowest BCUT2D eigenvalue weighted by atomic mass is 10.1. The van der Waals surface area contributed by atoms with E-state index in [4.69, 9.17) is 28.5 Å². The Morgan fingerprint density at radius 2 is 1.83 bits per heavy atom. The average Bonchev–Trinajstić information content (AvgIpc) is 3.32. The molecule has 0 radical (unpaired) electrons. The number of thioether (sulfide) groups is 1. The van der Waals surface area contributed by atoms with Crippen molar-refractivity contribution in [3.63, 3.8) is 0 Å². The fourth-order valence-corrected chi connectivity index (χ4v) is 3.48. The van der Waals surface area contributed by atoms with Gasteiger partial charge >= 0.3 is 6.09 Å². The molecule has 0 aliphatic heterocycles. The number of aryl methyl sites for hydroxylation is 1. The highest BCUT2D eigenvalue weighted by Crippen LogP contribution is 2.30. The lowest BCUT2D eigenvalue weighted by molar-refractivity contribution is 0.144. The highest BCUT2D eigenvalue weighted by atomic mass is 32.2. The topological polar surface area (TPSA) is 118 Å². The minimum Gasteiger partial charge on any atom is -0.493 e. The number of hydrogen-bond acceptors (Lipinski definition) is 10. The van der Waals surface area contributed by atoms with E-state index in [1.807, 2.05) is 30.3 Å². The molecule has 10 nitrogen and oxygen atoms in total. The Morgan fingerprint density at radius 3 is 2.43 bits per heavy atom. The minimum absolute atomic E-state index is 0.374. The van der Waals surface area contributed by atoms with Crippen molar-refractivity contribution in [2.75, 3.05) is 40.8 Å². The summed E-state index contributed by atoms with van der Waals surface area (Å²) in [4.78, 5) is 25.0. The summed E-state index contributed by atoms with van der Waals surface area (Å²) in [5.74, 6) is 2.04. The molecule has 1 heterocycles. The second kappa shape index (κ2) is 12.7. The van der Waals surface area contributed by atoms with Crippen molar-refractivity contribution >= 4 is 34.3 Å². The largest absolute Gasteiger partial charge is 0.493 e.